The van der Waals surface area contributed by atoms with Crippen LogP contribution in [0.5, 0.6) is 0 Å². The third-order valence-corrected chi connectivity index (χ3v) is 1.99. The summed E-state index contributed by atoms with van der Waals surface area (Å²) in [5.41, 5.74) is 1.21. The van der Waals surface area contributed by atoms with Crippen molar-refractivity contribution in [1.29, 1.82) is 0 Å². The molecule has 1 aliphatic rings. The molecule has 1 aromatic carbocycles. The van der Waals surface area contributed by atoms with Crippen LogP contribution in [0.15, 0.2) is 48.6 Å². The fourth-order valence-corrected chi connectivity index (χ4v) is 1.30. The monoisotopic (exact) mass is 172 g/mol. The van der Waals surface area contributed by atoms with Gasteiger partial charge in [0, 0.05) is 0 Å². The van der Waals surface area contributed by atoms with Gasteiger partial charge < -0.3 is 4.74 Å². The van der Waals surface area contributed by atoms with Crippen LogP contribution in [0.3, 0.4) is 0 Å². The van der Waals surface area contributed by atoms with Crippen LogP contribution in [0.1, 0.15) is 5.56 Å². The summed E-state index contributed by atoms with van der Waals surface area (Å²) in [6.07, 6.45) is 8.43. The summed E-state index contributed by atoms with van der Waals surface area (Å²) in [4.78, 5) is 0. The molecule has 1 heteroatoms. The molecule has 1 heterocycles. The van der Waals surface area contributed by atoms with Gasteiger partial charge in [0.25, 0.3) is 0 Å². The Labute approximate surface area is 78.3 Å². The Morgan fingerprint density at radius 1 is 1.23 bits per heavy atom. The van der Waals surface area contributed by atoms with Gasteiger partial charge in [-0.3, -0.25) is 0 Å². The standard InChI is InChI=1S/C12H12O/c1-2-5-11(6-3-1)8-9-12-7-4-10-13-12/h1-9,12H,10H2. The van der Waals surface area contributed by atoms with Gasteiger partial charge >= 0.3 is 0 Å². The maximum absolute atomic E-state index is 5.38. The molecule has 1 unspecified atom stereocenters. The molecule has 0 spiro atoms. The van der Waals surface area contributed by atoms with Gasteiger partial charge in [0.05, 0.1) is 12.7 Å². The van der Waals surface area contributed by atoms with Crippen LogP contribution in [-0.4, -0.2) is 12.7 Å². The van der Waals surface area contributed by atoms with Crippen LogP contribution < -0.4 is 0 Å². The number of rotatable bonds is 2. The van der Waals surface area contributed by atoms with Crippen LogP contribution in [-0.2, 0) is 4.74 Å². The second kappa shape index (κ2) is 4.06. The first-order chi connectivity index (χ1) is 6.45. The molecule has 1 atom stereocenters. The maximum atomic E-state index is 5.38. The number of hydrogen-bond donors (Lipinski definition) is 0. The second-order valence-electron chi connectivity index (χ2n) is 3.00. The lowest BCUT2D eigenvalue weighted by Crippen LogP contribution is -1.98. The van der Waals surface area contributed by atoms with Gasteiger partial charge in [-0.05, 0) is 5.56 Å². The number of benzene rings is 1. The zero-order valence-electron chi connectivity index (χ0n) is 7.39. The van der Waals surface area contributed by atoms with E-state index in [2.05, 4.69) is 30.4 Å². The van der Waals surface area contributed by atoms with Crippen molar-refractivity contribution < 1.29 is 4.74 Å². The van der Waals surface area contributed by atoms with Crippen LogP contribution in [0.2, 0.25) is 0 Å². The van der Waals surface area contributed by atoms with Crippen molar-refractivity contribution >= 4 is 6.08 Å². The first-order valence-electron chi connectivity index (χ1n) is 4.47. The molecule has 1 aromatic rings. The van der Waals surface area contributed by atoms with Crippen molar-refractivity contribution in [3.05, 3.63) is 54.1 Å². The molecule has 66 valence electrons. The quantitative estimate of drug-likeness (QED) is 0.623. The zero-order chi connectivity index (χ0) is 8.93. The molecule has 0 fully saturated rings. The maximum Gasteiger partial charge on any atom is 0.0945 e. The van der Waals surface area contributed by atoms with E-state index in [0.717, 1.165) is 6.61 Å². The summed E-state index contributed by atoms with van der Waals surface area (Å²) < 4.78 is 5.38. The number of hydrogen-bond acceptors (Lipinski definition) is 1. The van der Waals surface area contributed by atoms with Crippen LogP contribution in [0, 0.1) is 0 Å². The highest BCUT2D eigenvalue weighted by atomic mass is 16.5. The molecular weight excluding hydrogens is 160 g/mol. The van der Waals surface area contributed by atoms with Crippen molar-refractivity contribution in [2.24, 2.45) is 0 Å². The van der Waals surface area contributed by atoms with E-state index >= 15 is 0 Å². The smallest absolute Gasteiger partial charge is 0.0945 e. The van der Waals surface area contributed by atoms with Crippen molar-refractivity contribution in [2.45, 2.75) is 6.10 Å². The fraction of sp³-hybridized carbons (Fsp3) is 0.167. The molecule has 0 saturated carbocycles. The average Bonchev–Trinajstić information content (AvgIpc) is 2.69. The Morgan fingerprint density at radius 2 is 2.08 bits per heavy atom. The molecule has 0 aliphatic carbocycles. The zero-order valence-corrected chi connectivity index (χ0v) is 7.39. The summed E-state index contributed by atoms with van der Waals surface area (Å²) >= 11 is 0. The molecule has 2 rings (SSSR count). The Morgan fingerprint density at radius 3 is 2.77 bits per heavy atom. The van der Waals surface area contributed by atoms with Gasteiger partial charge in [-0.15, -0.1) is 0 Å². The topological polar surface area (TPSA) is 9.23 Å². The lowest BCUT2D eigenvalue weighted by Gasteiger charge is -2.00. The molecule has 0 amide bonds. The minimum Gasteiger partial charge on any atom is -0.366 e. The van der Waals surface area contributed by atoms with Gasteiger partial charge in [-0.1, -0.05) is 54.6 Å². The van der Waals surface area contributed by atoms with E-state index in [-0.39, 0.29) is 6.10 Å². The summed E-state index contributed by atoms with van der Waals surface area (Å²) in [5, 5.41) is 0. The van der Waals surface area contributed by atoms with E-state index in [1.807, 2.05) is 24.3 Å². The molecule has 1 aliphatic heterocycles. The van der Waals surface area contributed by atoms with E-state index in [1.165, 1.54) is 5.56 Å². The number of ether oxygens (including phenoxy) is 1. The molecule has 13 heavy (non-hydrogen) atoms. The molecule has 0 saturated heterocycles. The van der Waals surface area contributed by atoms with Gasteiger partial charge in [0.2, 0.25) is 0 Å². The van der Waals surface area contributed by atoms with Gasteiger partial charge in [-0.25, -0.2) is 0 Å². The SMILES string of the molecule is C1=CC(C=Cc2ccccc2)OC1. The third-order valence-electron chi connectivity index (χ3n) is 1.99. The van der Waals surface area contributed by atoms with Crippen molar-refractivity contribution in [1.82, 2.24) is 0 Å². The van der Waals surface area contributed by atoms with Crippen LogP contribution in [0.4, 0.5) is 0 Å². The average molecular weight is 172 g/mol. The molecular formula is C12H12O. The Balaban J connectivity index is 2.01. The molecule has 0 N–H and O–H groups in total. The van der Waals surface area contributed by atoms with Crippen LogP contribution in [0.25, 0.3) is 6.08 Å². The molecule has 1 nitrogen and oxygen atoms in total. The minimum absolute atomic E-state index is 0.167. The van der Waals surface area contributed by atoms with Gasteiger partial charge in [0.1, 0.15) is 0 Å². The Kier molecular flexibility index (Phi) is 2.58. The second-order valence-corrected chi connectivity index (χ2v) is 3.00. The highest BCUT2D eigenvalue weighted by molar-refractivity contribution is 5.49. The first-order valence-corrected chi connectivity index (χ1v) is 4.47. The van der Waals surface area contributed by atoms with Crippen molar-refractivity contribution in [2.75, 3.05) is 6.61 Å². The highest BCUT2D eigenvalue weighted by Crippen LogP contribution is 2.08. The summed E-state index contributed by atoms with van der Waals surface area (Å²) in [5.74, 6) is 0. The van der Waals surface area contributed by atoms with E-state index < -0.39 is 0 Å². The first kappa shape index (κ1) is 8.27. The molecule has 0 bridgehead atoms. The van der Waals surface area contributed by atoms with E-state index in [0.29, 0.717) is 0 Å². The summed E-state index contributed by atoms with van der Waals surface area (Å²) in [6, 6.07) is 10.2. The highest BCUT2D eigenvalue weighted by Gasteiger charge is 2.03. The molecule has 0 aromatic heterocycles. The van der Waals surface area contributed by atoms with Gasteiger partial charge in [0.15, 0.2) is 0 Å². The largest absolute Gasteiger partial charge is 0.366 e. The van der Waals surface area contributed by atoms with E-state index in [1.54, 1.807) is 0 Å². The third kappa shape index (κ3) is 2.30. The van der Waals surface area contributed by atoms with E-state index in [4.69, 9.17) is 4.74 Å². The van der Waals surface area contributed by atoms with Crippen molar-refractivity contribution in [3.63, 3.8) is 0 Å². The summed E-state index contributed by atoms with van der Waals surface area (Å²) in [6.45, 7) is 0.740. The predicted molar refractivity (Wildman–Crippen MR) is 54.4 cm³/mol. The Hall–Kier alpha value is -1.34. The normalized spacial score (nSPS) is 21.4. The lowest BCUT2D eigenvalue weighted by molar-refractivity contribution is 0.162. The van der Waals surface area contributed by atoms with Crippen molar-refractivity contribution in [3.8, 4) is 0 Å². The van der Waals surface area contributed by atoms with Crippen LogP contribution >= 0.6 is 0 Å². The summed E-state index contributed by atoms with van der Waals surface area (Å²) in [7, 11) is 0. The predicted octanol–water partition coefficient (Wildman–Crippen LogP) is 2.65. The lowest BCUT2D eigenvalue weighted by atomic mass is 10.2. The van der Waals surface area contributed by atoms with E-state index in [9.17, 15) is 0 Å². The Bertz CT molecular complexity index is 311. The van der Waals surface area contributed by atoms with Gasteiger partial charge in [-0.2, -0.15) is 0 Å². The molecule has 0 radical (unpaired) electrons. The fourth-order valence-electron chi connectivity index (χ4n) is 1.30. The minimum atomic E-state index is 0.167.